The standard InChI is InChI=1S/C17H29N3.HI/c1-2-18-16(19-12-8-15-6-3-4-7-15)20-13-11-17(14-20)9-5-10-17;/h6H,2-5,7-14H2,1H3,(H,18,19);1H. The summed E-state index contributed by atoms with van der Waals surface area (Å²) in [4.78, 5) is 7.38. The van der Waals surface area contributed by atoms with Crippen molar-refractivity contribution in [2.45, 2.75) is 58.3 Å². The Morgan fingerprint density at radius 2 is 2.19 bits per heavy atom. The van der Waals surface area contributed by atoms with E-state index >= 15 is 0 Å². The summed E-state index contributed by atoms with van der Waals surface area (Å²) in [6.45, 7) is 6.54. The molecule has 1 saturated heterocycles. The summed E-state index contributed by atoms with van der Waals surface area (Å²) in [5.41, 5.74) is 2.28. The molecule has 1 heterocycles. The Bertz CT molecular complexity index is 399. The normalized spacial score (nSPS) is 23.8. The minimum atomic E-state index is 0. The largest absolute Gasteiger partial charge is 0.357 e. The third-order valence-corrected chi connectivity index (χ3v) is 5.32. The lowest BCUT2D eigenvalue weighted by Crippen LogP contribution is -2.42. The molecule has 0 amide bonds. The Kier molecular flexibility index (Phi) is 6.38. The number of nitrogens with one attached hydrogen (secondary N) is 1. The SMILES string of the molecule is CCNC(=NCCC1=CCCC1)N1CCC2(CCC2)C1.I. The van der Waals surface area contributed by atoms with Gasteiger partial charge in [0.2, 0.25) is 0 Å². The van der Waals surface area contributed by atoms with Gasteiger partial charge in [-0.25, -0.2) is 0 Å². The lowest BCUT2D eigenvalue weighted by molar-refractivity contribution is 0.151. The number of nitrogens with zero attached hydrogens (tertiary/aromatic N) is 2. The first kappa shape index (κ1) is 17.1. The van der Waals surface area contributed by atoms with Crippen LogP contribution in [-0.4, -0.2) is 37.0 Å². The monoisotopic (exact) mass is 403 g/mol. The molecule has 4 heteroatoms. The molecule has 1 aliphatic heterocycles. The maximum absolute atomic E-state index is 4.87. The fourth-order valence-corrected chi connectivity index (χ4v) is 3.90. The van der Waals surface area contributed by atoms with Crippen molar-refractivity contribution >= 4 is 29.9 Å². The first-order chi connectivity index (χ1) is 9.81. The van der Waals surface area contributed by atoms with Gasteiger partial charge in [-0.2, -0.15) is 0 Å². The van der Waals surface area contributed by atoms with Crippen LogP contribution in [0.25, 0.3) is 0 Å². The Balaban J connectivity index is 0.00000161. The van der Waals surface area contributed by atoms with Gasteiger partial charge in [0.15, 0.2) is 5.96 Å². The second kappa shape index (κ2) is 7.84. The van der Waals surface area contributed by atoms with Crippen LogP contribution in [0.2, 0.25) is 0 Å². The van der Waals surface area contributed by atoms with Crippen LogP contribution >= 0.6 is 24.0 Å². The number of halogens is 1. The molecule has 2 fully saturated rings. The number of hydrogen-bond acceptors (Lipinski definition) is 1. The van der Waals surface area contributed by atoms with Gasteiger partial charge < -0.3 is 10.2 Å². The minimum absolute atomic E-state index is 0. The molecule has 21 heavy (non-hydrogen) atoms. The smallest absolute Gasteiger partial charge is 0.193 e. The van der Waals surface area contributed by atoms with Crippen LogP contribution in [0, 0.1) is 5.41 Å². The van der Waals surface area contributed by atoms with E-state index in [1.54, 1.807) is 5.57 Å². The zero-order valence-electron chi connectivity index (χ0n) is 13.4. The topological polar surface area (TPSA) is 27.6 Å². The van der Waals surface area contributed by atoms with Crippen LogP contribution < -0.4 is 5.32 Å². The molecular formula is C17H30IN3. The molecule has 0 aromatic rings. The van der Waals surface area contributed by atoms with Crippen molar-refractivity contribution in [3.8, 4) is 0 Å². The first-order valence-electron chi connectivity index (χ1n) is 8.52. The molecule has 0 radical (unpaired) electrons. The summed E-state index contributed by atoms with van der Waals surface area (Å²) < 4.78 is 0. The van der Waals surface area contributed by atoms with E-state index in [2.05, 4.69) is 23.2 Å². The lowest BCUT2D eigenvalue weighted by atomic mass is 9.68. The highest BCUT2D eigenvalue weighted by Crippen LogP contribution is 2.47. The summed E-state index contributed by atoms with van der Waals surface area (Å²) in [6.07, 6.45) is 13.2. The molecule has 1 saturated carbocycles. The number of likely N-dealkylation sites (tertiary alicyclic amines) is 1. The van der Waals surface area contributed by atoms with Gasteiger partial charge in [0.05, 0.1) is 0 Å². The maximum Gasteiger partial charge on any atom is 0.193 e. The maximum atomic E-state index is 4.87. The third kappa shape index (κ3) is 4.14. The zero-order chi connectivity index (χ0) is 13.8. The van der Waals surface area contributed by atoms with E-state index in [-0.39, 0.29) is 24.0 Å². The summed E-state index contributed by atoms with van der Waals surface area (Å²) in [6, 6.07) is 0. The van der Waals surface area contributed by atoms with Crippen LogP contribution in [0.5, 0.6) is 0 Å². The van der Waals surface area contributed by atoms with Gasteiger partial charge in [-0.1, -0.05) is 18.1 Å². The van der Waals surface area contributed by atoms with Gasteiger partial charge >= 0.3 is 0 Å². The third-order valence-electron chi connectivity index (χ3n) is 5.32. The van der Waals surface area contributed by atoms with Crippen LogP contribution in [0.4, 0.5) is 0 Å². The minimum Gasteiger partial charge on any atom is -0.357 e. The summed E-state index contributed by atoms with van der Waals surface area (Å²) in [7, 11) is 0. The lowest BCUT2D eigenvalue weighted by Gasteiger charge is -2.38. The highest BCUT2D eigenvalue weighted by atomic mass is 127. The predicted molar refractivity (Wildman–Crippen MR) is 100 cm³/mol. The summed E-state index contributed by atoms with van der Waals surface area (Å²) in [5.74, 6) is 1.16. The average molecular weight is 403 g/mol. The van der Waals surface area contributed by atoms with Gasteiger partial charge in [-0.3, -0.25) is 4.99 Å². The molecule has 3 aliphatic rings. The Morgan fingerprint density at radius 3 is 2.76 bits per heavy atom. The van der Waals surface area contributed by atoms with Crippen LogP contribution in [0.15, 0.2) is 16.6 Å². The van der Waals surface area contributed by atoms with Crippen molar-refractivity contribution in [2.75, 3.05) is 26.2 Å². The van der Waals surface area contributed by atoms with Crippen molar-refractivity contribution in [3.63, 3.8) is 0 Å². The van der Waals surface area contributed by atoms with Crippen molar-refractivity contribution in [2.24, 2.45) is 10.4 Å². The van der Waals surface area contributed by atoms with E-state index < -0.39 is 0 Å². The molecule has 1 N–H and O–H groups in total. The van der Waals surface area contributed by atoms with Crippen molar-refractivity contribution in [3.05, 3.63) is 11.6 Å². The second-order valence-corrected chi connectivity index (χ2v) is 6.77. The van der Waals surface area contributed by atoms with E-state index in [1.807, 2.05) is 0 Å². The number of guanidine groups is 1. The summed E-state index contributed by atoms with van der Waals surface area (Å²) >= 11 is 0. The fraction of sp³-hybridized carbons (Fsp3) is 0.824. The molecule has 0 unspecified atom stereocenters. The fourth-order valence-electron chi connectivity index (χ4n) is 3.90. The quantitative estimate of drug-likeness (QED) is 0.333. The predicted octanol–water partition coefficient (Wildman–Crippen LogP) is 3.95. The number of rotatable bonds is 4. The van der Waals surface area contributed by atoms with Crippen LogP contribution in [0.3, 0.4) is 0 Å². The Labute approximate surface area is 146 Å². The van der Waals surface area contributed by atoms with Gasteiger partial charge in [0.25, 0.3) is 0 Å². The van der Waals surface area contributed by atoms with Gasteiger partial charge in [-0.05, 0) is 57.3 Å². The van der Waals surface area contributed by atoms with E-state index in [0.717, 1.165) is 25.5 Å². The number of aliphatic imine (C=N–C) groups is 1. The highest BCUT2D eigenvalue weighted by molar-refractivity contribution is 14.0. The van der Waals surface area contributed by atoms with Gasteiger partial charge in [0.1, 0.15) is 0 Å². The van der Waals surface area contributed by atoms with Crippen molar-refractivity contribution in [1.82, 2.24) is 10.2 Å². The van der Waals surface area contributed by atoms with E-state index in [1.165, 1.54) is 58.0 Å². The van der Waals surface area contributed by atoms with Crippen LogP contribution in [-0.2, 0) is 0 Å². The van der Waals surface area contributed by atoms with Crippen molar-refractivity contribution < 1.29 is 0 Å². The van der Waals surface area contributed by atoms with E-state index in [9.17, 15) is 0 Å². The number of hydrogen-bond donors (Lipinski definition) is 1. The highest BCUT2D eigenvalue weighted by Gasteiger charge is 2.43. The average Bonchev–Trinajstić information content (AvgIpc) is 3.06. The molecule has 0 aromatic carbocycles. The second-order valence-electron chi connectivity index (χ2n) is 6.77. The van der Waals surface area contributed by atoms with E-state index in [0.29, 0.717) is 5.41 Å². The Hall–Kier alpha value is -0.260. The molecule has 2 aliphatic carbocycles. The van der Waals surface area contributed by atoms with Crippen LogP contribution in [0.1, 0.15) is 58.3 Å². The molecular weight excluding hydrogens is 373 g/mol. The summed E-state index contributed by atoms with van der Waals surface area (Å²) in [5, 5.41) is 3.49. The van der Waals surface area contributed by atoms with Gasteiger partial charge in [-0.15, -0.1) is 24.0 Å². The molecule has 3 nitrogen and oxygen atoms in total. The molecule has 0 aromatic heterocycles. The van der Waals surface area contributed by atoms with E-state index in [4.69, 9.17) is 4.99 Å². The van der Waals surface area contributed by atoms with Crippen molar-refractivity contribution in [1.29, 1.82) is 0 Å². The number of allylic oxidation sites excluding steroid dienone is 1. The first-order valence-corrected chi connectivity index (χ1v) is 8.52. The molecule has 1 spiro atoms. The molecule has 3 rings (SSSR count). The zero-order valence-corrected chi connectivity index (χ0v) is 15.7. The molecule has 0 bridgehead atoms. The van der Waals surface area contributed by atoms with Gasteiger partial charge in [0, 0.05) is 26.2 Å². The molecule has 0 atom stereocenters. The molecule has 120 valence electrons. The Morgan fingerprint density at radius 1 is 1.33 bits per heavy atom.